The van der Waals surface area contributed by atoms with Gasteiger partial charge < -0.3 is 15.2 Å². The zero-order valence-electron chi connectivity index (χ0n) is 12.5. The fourth-order valence-corrected chi connectivity index (χ4v) is 2.31. The summed E-state index contributed by atoms with van der Waals surface area (Å²) in [6.45, 7) is 1.59. The molecule has 0 radical (unpaired) electrons. The molecule has 6 heteroatoms. The molecule has 0 aliphatic rings. The molecule has 0 aromatic heterocycles. The summed E-state index contributed by atoms with van der Waals surface area (Å²) in [6.07, 6.45) is 0.862. The Balaban J connectivity index is 1.93. The number of esters is 1. The Hall–Kier alpha value is -2.34. The van der Waals surface area contributed by atoms with Gasteiger partial charge in [-0.2, -0.15) is 0 Å². The number of anilines is 1. The van der Waals surface area contributed by atoms with Crippen LogP contribution in [0, 0.1) is 0 Å². The Bertz CT molecular complexity index is 730. The third-order valence-electron chi connectivity index (χ3n) is 3.13. The summed E-state index contributed by atoms with van der Waals surface area (Å²) in [6, 6.07) is 11.8. The molecule has 23 heavy (non-hydrogen) atoms. The number of halogens is 1. The van der Waals surface area contributed by atoms with Gasteiger partial charge in [-0.15, -0.1) is 0 Å². The minimum absolute atomic E-state index is 0.000144. The van der Waals surface area contributed by atoms with Crippen LogP contribution in [-0.2, 0) is 16.0 Å². The van der Waals surface area contributed by atoms with Crippen LogP contribution in [0.3, 0.4) is 0 Å². The Morgan fingerprint density at radius 3 is 2.74 bits per heavy atom. The van der Waals surface area contributed by atoms with Crippen molar-refractivity contribution in [2.24, 2.45) is 0 Å². The molecule has 2 N–H and O–H groups in total. The molecule has 0 aliphatic carbocycles. The van der Waals surface area contributed by atoms with Gasteiger partial charge in [-0.3, -0.25) is 4.79 Å². The number of rotatable bonds is 5. The monoisotopic (exact) mass is 377 g/mol. The number of benzene rings is 2. The molecule has 120 valence electrons. The second kappa shape index (κ2) is 7.78. The summed E-state index contributed by atoms with van der Waals surface area (Å²) in [4.78, 5) is 23.7. The zero-order valence-corrected chi connectivity index (χ0v) is 14.1. The molecular formula is C17H16BrNO4. The van der Waals surface area contributed by atoms with Crippen molar-refractivity contribution in [1.29, 1.82) is 0 Å². The van der Waals surface area contributed by atoms with E-state index in [0.29, 0.717) is 10.2 Å². The van der Waals surface area contributed by atoms with Gasteiger partial charge in [0.25, 0.3) is 5.91 Å². The molecule has 2 rings (SSSR count). The van der Waals surface area contributed by atoms with Crippen LogP contribution < -0.4 is 5.32 Å². The van der Waals surface area contributed by atoms with Gasteiger partial charge in [0.05, 0.1) is 0 Å². The predicted octanol–water partition coefficient (Wildman–Crippen LogP) is 3.51. The van der Waals surface area contributed by atoms with Crippen LogP contribution in [0.4, 0.5) is 5.69 Å². The van der Waals surface area contributed by atoms with E-state index in [4.69, 9.17) is 4.74 Å². The molecule has 0 fully saturated rings. The van der Waals surface area contributed by atoms with Gasteiger partial charge in [0.2, 0.25) is 0 Å². The molecule has 0 saturated heterocycles. The maximum atomic E-state index is 11.9. The lowest BCUT2D eigenvalue weighted by atomic mass is 10.1. The molecular weight excluding hydrogens is 362 g/mol. The Kier molecular flexibility index (Phi) is 5.76. The number of amides is 1. The first-order valence-electron chi connectivity index (χ1n) is 7.04. The van der Waals surface area contributed by atoms with Gasteiger partial charge >= 0.3 is 5.97 Å². The number of phenols is 1. The number of nitrogens with one attached hydrogen (secondary N) is 1. The van der Waals surface area contributed by atoms with Crippen LogP contribution in [0.25, 0.3) is 0 Å². The lowest BCUT2D eigenvalue weighted by molar-refractivity contribution is -0.119. The van der Waals surface area contributed by atoms with E-state index in [-0.39, 0.29) is 11.3 Å². The number of hydrogen-bond donors (Lipinski definition) is 2. The van der Waals surface area contributed by atoms with E-state index in [9.17, 15) is 14.7 Å². The van der Waals surface area contributed by atoms with Crippen LogP contribution >= 0.6 is 15.9 Å². The lowest BCUT2D eigenvalue weighted by Crippen LogP contribution is -2.21. The number of phenolic OH excluding ortho intramolecular Hbond substituents is 1. The summed E-state index contributed by atoms with van der Waals surface area (Å²) in [7, 11) is 0. The van der Waals surface area contributed by atoms with E-state index < -0.39 is 18.5 Å². The fraction of sp³-hybridized carbons (Fsp3) is 0.176. The van der Waals surface area contributed by atoms with Gasteiger partial charge in [0.1, 0.15) is 11.3 Å². The van der Waals surface area contributed by atoms with Crippen LogP contribution in [0.2, 0.25) is 0 Å². The maximum Gasteiger partial charge on any atom is 0.342 e. The van der Waals surface area contributed by atoms with Crippen molar-refractivity contribution in [2.75, 3.05) is 11.9 Å². The first-order valence-corrected chi connectivity index (χ1v) is 7.83. The van der Waals surface area contributed by atoms with E-state index in [2.05, 4.69) is 21.2 Å². The highest BCUT2D eigenvalue weighted by atomic mass is 79.9. The molecule has 2 aromatic carbocycles. The number of hydrogen-bond acceptors (Lipinski definition) is 4. The van der Waals surface area contributed by atoms with E-state index in [1.807, 2.05) is 25.1 Å². The zero-order chi connectivity index (χ0) is 16.8. The second-order valence-electron chi connectivity index (χ2n) is 4.84. The third kappa shape index (κ3) is 4.82. The van der Waals surface area contributed by atoms with Crippen LogP contribution in [0.15, 0.2) is 46.9 Å². The van der Waals surface area contributed by atoms with Gasteiger partial charge in [-0.25, -0.2) is 4.79 Å². The molecule has 0 heterocycles. The summed E-state index contributed by atoms with van der Waals surface area (Å²) in [5, 5.41) is 12.3. The quantitative estimate of drug-likeness (QED) is 0.781. The van der Waals surface area contributed by atoms with Crippen LogP contribution in [-0.4, -0.2) is 23.6 Å². The number of aryl methyl sites for hydroxylation is 1. The van der Waals surface area contributed by atoms with Crippen molar-refractivity contribution < 1.29 is 19.4 Å². The highest BCUT2D eigenvalue weighted by Crippen LogP contribution is 2.22. The summed E-state index contributed by atoms with van der Waals surface area (Å²) < 4.78 is 5.55. The smallest absolute Gasteiger partial charge is 0.342 e. The van der Waals surface area contributed by atoms with Crippen molar-refractivity contribution in [3.63, 3.8) is 0 Å². The second-order valence-corrected chi connectivity index (χ2v) is 5.76. The molecule has 0 saturated carbocycles. The van der Waals surface area contributed by atoms with E-state index in [1.165, 1.54) is 12.1 Å². The van der Waals surface area contributed by atoms with Crippen molar-refractivity contribution in [1.82, 2.24) is 0 Å². The van der Waals surface area contributed by atoms with Gasteiger partial charge in [-0.05, 0) is 42.3 Å². The summed E-state index contributed by atoms with van der Waals surface area (Å²) in [5.74, 6) is -1.41. The Morgan fingerprint density at radius 2 is 2.00 bits per heavy atom. The molecule has 0 aliphatic heterocycles. The highest BCUT2D eigenvalue weighted by molar-refractivity contribution is 9.10. The molecule has 0 atom stereocenters. The van der Waals surface area contributed by atoms with Crippen molar-refractivity contribution in [3.8, 4) is 5.75 Å². The van der Waals surface area contributed by atoms with Crippen molar-refractivity contribution in [2.45, 2.75) is 13.3 Å². The fourth-order valence-electron chi connectivity index (χ4n) is 1.95. The molecule has 1 amide bonds. The summed E-state index contributed by atoms with van der Waals surface area (Å²) in [5.41, 5.74) is 1.75. The molecule has 0 spiro atoms. The maximum absolute atomic E-state index is 11.9. The normalized spacial score (nSPS) is 10.2. The highest BCUT2D eigenvalue weighted by Gasteiger charge is 2.15. The third-order valence-corrected chi connectivity index (χ3v) is 3.63. The number of ether oxygens (including phenoxy) is 1. The minimum Gasteiger partial charge on any atom is -0.507 e. The molecule has 0 unspecified atom stereocenters. The topological polar surface area (TPSA) is 75.6 Å². The first kappa shape index (κ1) is 17.0. The molecule has 5 nitrogen and oxygen atoms in total. The lowest BCUT2D eigenvalue weighted by Gasteiger charge is -2.08. The van der Waals surface area contributed by atoms with Crippen LogP contribution in [0.1, 0.15) is 22.8 Å². The Labute approximate surface area is 142 Å². The van der Waals surface area contributed by atoms with Crippen molar-refractivity contribution in [3.05, 3.63) is 58.1 Å². The number of aromatic hydroxyl groups is 1. The molecule has 0 bridgehead atoms. The first-order chi connectivity index (χ1) is 11.0. The summed E-state index contributed by atoms with van der Waals surface area (Å²) >= 11 is 3.20. The number of carbonyl (C=O) groups excluding carboxylic acids is 2. The largest absolute Gasteiger partial charge is 0.507 e. The SMILES string of the molecule is CCc1cccc(NC(=O)COC(=O)c2cc(Br)ccc2O)c1. The van der Waals surface area contributed by atoms with Crippen LogP contribution in [0.5, 0.6) is 5.75 Å². The molecule has 2 aromatic rings. The van der Waals surface area contributed by atoms with Gasteiger partial charge in [0, 0.05) is 10.2 Å². The van der Waals surface area contributed by atoms with Gasteiger partial charge in [0.15, 0.2) is 6.61 Å². The Morgan fingerprint density at radius 1 is 1.22 bits per heavy atom. The van der Waals surface area contributed by atoms with E-state index in [1.54, 1.807) is 12.1 Å². The predicted molar refractivity (Wildman–Crippen MR) is 90.5 cm³/mol. The van der Waals surface area contributed by atoms with E-state index >= 15 is 0 Å². The standard InChI is InChI=1S/C17H16BrNO4/c1-2-11-4-3-5-13(8-11)19-16(21)10-23-17(22)14-9-12(18)6-7-15(14)20/h3-9,20H,2,10H2,1H3,(H,19,21). The van der Waals surface area contributed by atoms with Crippen molar-refractivity contribution >= 4 is 33.5 Å². The average molecular weight is 378 g/mol. The van der Waals surface area contributed by atoms with Gasteiger partial charge in [-0.1, -0.05) is 35.0 Å². The van der Waals surface area contributed by atoms with E-state index in [0.717, 1.165) is 12.0 Å². The number of carbonyl (C=O) groups is 2. The average Bonchev–Trinajstić information content (AvgIpc) is 2.55. The minimum atomic E-state index is -0.763.